The highest BCUT2D eigenvalue weighted by atomic mass is 16.2. The molecule has 1 saturated heterocycles. The number of carbonyl (C=O) groups excluding carboxylic acids is 2. The summed E-state index contributed by atoms with van der Waals surface area (Å²) in [5.41, 5.74) is -0.333. The van der Waals surface area contributed by atoms with Gasteiger partial charge in [-0.2, -0.15) is 0 Å². The molecule has 1 fully saturated rings. The average Bonchev–Trinajstić information content (AvgIpc) is 2.35. The van der Waals surface area contributed by atoms with Gasteiger partial charge in [0, 0.05) is 6.42 Å². The zero-order chi connectivity index (χ0) is 12.3. The molecule has 0 saturated carbocycles. The number of carbonyl (C=O) groups is 2. The van der Waals surface area contributed by atoms with E-state index in [0.717, 1.165) is 5.56 Å². The van der Waals surface area contributed by atoms with Gasteiger partial charge in [0.15, 0.2) is 0 Å². The van der Waals surface area contributed by atoms with Crippen LogP contribution in [-0.2, 0) is 15.1 Å². The van der Waals surface area contributed by atoms with Crippen LogP contribution in [-0.4, -0.2) is 18.4 Å². The highest BCUT2D eigenvalue weighted by Crippen LogP contribution is 2.27. The molecule has 1 N–H and O–H groups in total. The van der Waals surface area contributed by atoms with Gasteiger partial charge in [-0.25, -0.2) is 5.32 Å². The molecule has 0 aromatic heterocycles. The zero-order valence-electron chi connectivity index (χ0n) is 9.35. The number of rotatable bonds is 3. The third-order valence-corrected chi connectivity index (χ3v) is 2.80. The predicted octanol–water partition coefficient (Wildman–Crippen LogP) is 0.719. The SMILES string of the molecule is C=CCC1(c2ccccc2)NC(=O)C[N]C1=O. The lowest BCUT2D eigenvalue weighted by Crippen LogP contribution is -2.60. The summed E-state index contributed by atoms with van der Waals surface area (Å²) in [6, 6.07) is 9.13. The fourth-order valence-corrected chi connectivity index (χ4v) is 2.00. The smallest absolute Gasteiger partial charge is 0.272 e. The Morgan fingerprint density at radius 3 is 2.71 bits per heavy atom. The first-order valence-electron chi connectivity index (χ1n) is 5.38. The van der Waals surface area contributed by atoms with Crippen molar-refractivity contribution in [3.63, 3.8) is 0 Å². The number of hydrogen-bond acceptors (Lipinski definition) is 2. The maximum absolute atomic E-state index is 12.0. The molecule has 17 heavy (non-hydrogen) atoms. The molecule has 1 atom stereocenters. The fourth-order valence-electron chi connectivity index (χ4n) is 2.00. The normalized spacial score (nSPS) is 23.8. The van der Waals surface area contributed by atoms with Gasteiger partial charge in [-0.3, -0.25) is 9.59 Å². The highest BCUT2D eigenvalue weighted by molar-refractivity contribution is 5.98. The lowest BCUT2D eigenvalue weighted by Gasteiger charge is -2.35. The lowest BCUT2D eigenvalue weighted by molar-refractivity contribution is -0.139. The van der Waals surface area contributed by atoms with Crippen molar-refractivity contribution in [2.75, 3.05) is 6.54 Å². The zero-order valence-corrected chi connectivity index (χ0v) is 9.35. The third kappa shape index (κ3) is 1.93. The van der Waals surface area contributed by atoms with E-state index in [2.05, 4.69) is 17.2 Å². The molecule has 4 nitrogen and oxygen atoms in total. The molecule has 1 aliphatic heterocycles. The van der Waals surface area contributed by atoms with E-state index >= 15 is 0 Å². The summed E-state index contributed by atoms with van der Waals surface area (Å²) in [6.07, 6.45) is 1.96. The molecule has 0 aliphatic carbocycles. The second kappa shape index (κ2) is 4.41. The lowest BCUT2D eigenvalue weighted by atomic mass is 9.84. The molecule has 1 aliphatic rings. The van der Waals surface area contributed by atoms with E-state index in [4.69, 9.17) is 0 Å². The van der Waals surface area contributed by atoms with Crippen molar-refractivity contribution < 1.29 is 9.59 Å². The molecular weight excluding hydrogens is 216 g/mol. The summed E-state index contributed by atoms with van der Waals surface area (Å²) >= 11 is 0. The van der Waals surface area contributed by atoms with Crippen LogP contribution in [0.1, 0.15) is 12.0 Å². The van der Waals surface area contributed by atoms with Crippen LogP contribution in [0.15, 0.2) is 43.0 Å². The van der Waals surface area contributed by atoms with Crippen molar-refractivity contribution in [1.29, 1.82) is 0 Å². The second-order valence-corrected chi connectivity index (χ2v) is 3.93. The van der Waals surface area contributed by atoms with Crippen LogP contribution in [0.5, 0.6) is 0 Å². The van der Waals surface area contributed by atoms with Gasteiger partial charge in [-0.15, -0.1) is 6.58 Å². The standard InChI is InChI=1S/C13H13N2O2/c1-2-8-13(10-6-4-3-5-7-10)12(17)14-9-11(16)15-13/h2-7H,1,8-9H2,(H,15,16). The molecular formula is C13H13N2O2. The van der Waals surface area contributed by atoms with Gasteiger partial charge in [0.05, 0.1) is 0 Å². The number of benzene rings is 1. The molecule has 1 aromatic carbocycles. The van der Waals surface area contributed by atoms with Gasteiger partial charge in [0.25, 0.3) is 5.91 Å². The summed E-state index contributed by atoms with van der Waals surface area (Å²) in [4.78, 5) is 23.5. The topological polar surface area (TPSA) is 60.3 Å². The van der Waals surface area contributed by atoms with Crippen molar-refractivity contribution in [3.05, 3.63) is 48.6 Å². The first-order chi connectivity index (χ1) is 8.19. The summed E-state index contributed by atoms with van der Waals surface area (Å²) in [5, 5.41) is 6.50. The van der Waals surface area contributed by atoms with Crippen LogP contribution in [0.4, 0.5) is 0 Å². The first kappa shape index (κ1) is 11.4. The Bertz CT molecular complexity index is 456. The molecule has 2 amide bonds. The van der Waals surface area contributed by atoms with E-state index in [-0.39, 0.29) is 18.4 Å². The molecule has 1 unspecified atom stereocenters. The molecule has 2 rings (SSSR count). The molecule has 1 radical (unpaired) electrons. The second-order valence-electron chi connectivity index (χ2n) is 3.93. The van der Waals surface area contributed by atoms with Crippen molar-refractivity contribution >= 4 is 11.8 Å². The first-order valence-corrected chi connectivity index (χ1v) is 5.38. The van der Waals surface area contributed by atoms with E-state index in [0.29, 0.717) is 6.42 Å². The van der Waals surface area contributed by atoms with Gasteiger partial charge in [0.2, 0.25) is 5.91 Å². The Morgan fingerprint density at radius 1 is 1.35 bits per heavy atom. The minimum absolute atomic E-state index is 0.0927. The van der Waals surface area contributed by atoms with Crippen molar-refractivity contribution in [1.82, 2.24) is 10.6 Å². The van der Waals surface area contributed by atoms with Gasteiger partial charge < -0.3 is 5.32 Å². The summed E-state index contributed by atoms with van der Waals surface area (Å²) in [6.45, 7) is 3.55. The fraction of sp³-hybridized carbons (Fsp3) is 0.231. The number of piperazine rings is 1. The third-order valence-electron chi connectivity index (χ3n) is 2.80. The number of hydrogen-bond donors (Lipinski definition) is 1. The van der Waals surface area contributed by atoms with Crippen LogP contribution >= 0.6 is 0 Å². The quantitative estimate of drug-likeness (QED) is 0.776. The summed E-state index contributed by atoms with van der Waals surface area (Å²) in [7, 11) is 0. The number of nitrogens with zero attached hydrogens (tertiary/aromatic N) is 1. The van der Waals surface area contributed by atoms with Gasteiger partial charge in [0.1, 0.15) is 12.1 Å². The molecule has 1 aromatic rings. The van der Waals surface area contributed by atoms with Crippen LogP contribution < -0.4 is 10.6 Å². The summed E-state index contributed by atoms with van der Waals surface area (Å²) < 4.78 is 0. The Morgan fingerprint density at radius 2 is 2.06 bits per heavy atom. The largest absolute Gasteiger partial charge is 0.336 e. The maximum Gasteiger partial charge on any atom is 0.272 e. The minimum atomic E-state index is -1.07. The Balaban J connectivity index is 2.47. The highest BCUT2D eigenvalue weighted by Gasteiger charge is 2.44. The van der Waals surface area contributed by atoms with E-state index in [1.54, 1.807) is 6.08 Å². The molecule has 0 bridgehead atoms. The Kier molecular flexibility index (Phi) is 2.95. The van der Waals surface area contributed by atoms with E-state index in [9.17, 15) is 9.59 Å². The van der Waals surface area contributed by atoms with E-state index < -0.39 is 5.54 Å². The maximum atomic E-state index is 12.0. The van der Waals surface area contributed by atoms with E-state index in [1.807, 2.05) is 30.3 Å². The van der Waals surface area contributed by atoms with E-state index in [1.165, 1.54) is 0 Å². The van der Waals surface area contributed by atoms with Crippen molar-refractivity contribution in [2.45, 2.75) is 12.0 Å². The van der Waals surface area contributed by atoms with Crippen LogP contribution in [0.25, 0.3) is 0 Å². The van der Waals surface area contributed by atoms with Crippen LogP contribution in [0.2, 0.25) is 0 Å². The Labute approximate surface area is 99.7 Å². The average molecular weight is 229 g/mol. The Hall–Kier alpha value is -2.10. The van der Waals surface area contributed by atoms with Gasteiger partial charge in [-0.05, 0) is 5.56 Å². The van der Waals surface area contributed by atoms with Crippen molar-refractivity contribution in [3.8, 4) is 0 Å². The molecule has 87 valence electrons. The monoisotopic (exact) mass is 229 g/mol. The predicted molar refractivity (Wildman–Crippen MR) is 63.1 cm³/mol. The van der Waals surface area contributed by atoms with Crippen LogP contribution in [0.3, 0.4) is 0 Å². The van der Waals surface area contributed by atoms with Crippen molar-refractivity contribution in [2.24, 2.45) is 0 Å². The minimum Gasteiger partial charge on any atom is -0.336 e. The van der Waals surface area contributed by atoms with Gasteiger partial charge >= 0.3 is 0 Å². The summed E-state index contributed by atoms with van der Waals surface area (Å²) in [5.74, 6) is -0.557. The van der Waals surface area contributed by atoms with Crippen LogP contribution in [0, 0.1) is 0 Å². The number of amides is 2. The number of nitrogens with one attached hydrogen (secondary N) is 1. The molecule has 4 heteroatoms. The molecule has 1 heterocycles. The van der Waals surface area contributed by atoms with Gasteiger partial charge in [-0.1, -0.05) is 36.4 Å². The molecule has 0 spiro atoms.